The molecule has 3 aromatic rings. The second kappa shape index (κ2) is 5.42. The Bertz CT molecular complexity index is 936. The Morgan fingerprint density at radius 2 is 1.70 bits per heavy atom. The van der Waals surface area contributed by atoms with E-state index < -0.39 is 5.97 Å². The molecule has 2 aromatic carbocycles. The van der Waals surface area contributed by atoms with Crippen molar-refractivity contribution in [3.63, 3.8) is 0 Å². The summed E-state index contributed by atoms with van der Waals surface area (Å²) in [5.74, 6) is -1.35. The average Bonchev–Trinajstić information content (AvgIpc) is 2.95. The van der Waals surface area contributed by atoms with Crippen LogP contribution in [0.25, 0.3) is 28.4 Å². The number of furan rings is 1. The van der Waals surface area contributed by atoms with E-state index in [1.807, 2.05) is 0 Å². The van der Waals surface area contributed by atoms with Crippen LogP contribution in [0.2, 0.25) is 0 Å². The normalized spacial score (nSPS) is 11.3. The van der Waals surface area contributed by atoms with Gasteiger partial charge in [-0.25, -0.2) is 4.79 Å². The number of aliphatic carboxylic acids is 1. The second-order valence-corrected chi connectivity index (χ2v) is 4.90. The predicted molar refractivity (Wildman–Crippen MR) is 83.3 cm³/mol. The lowest BCUT2D eigenvalue weighted by Crippen LogP contribution is -1.85. The summed E-state index contributed by atoms with van der Waals surface area (Å²) in [5, 5.41) is 38.1. The molecule has 116 valence electrons. The van der Waals surface area contributed by atoms with Gasteiger partial charge >= 0.3 is 5.97 Å². The number of rotatable bonds is 3. The molecule has 0 radical (unpaired) electrons. The highest BCUT2D eigenvalue weighted by molar-refractivity contribution is 5.96. The maximum atomic E-state index is 10.7. The van der Waals surface area contributed by atoms with Gasteiger partial charge in [-0.15, -0.1) is 0 Å². The van der Waals surface area contributed by atoms with Gasteiger partial charge in [0.25, 0.3) is 0 Å². The van der Waals surface area contributed by atoms with Gasteiger partial charge in [0.1, 0.15) is 5.76 Å². The van der Waals surface area contributed by atoms with Gasteiger partial charge in [0.2, 0.25) is 0 Å². The van der Waals surface area contributed by atoms with E-state index in [0.29, 0.717) is 22.3 Å². The Morgan fingerprint density at radius 3 is 2.39 bits per heavy atom. The van der Waals surface area contributed by atoms with E-state index in [-0.39, 0.29) is 22.8 Å². The van der Waals surface area contributed by atoms with Crippen LogP contribution in [0.3, 0.4) is 0 Å². The molecule has 0 bridgehead atoms. The molecule has 0 amide bonds. The first-order valence-electron chi connectivity index (χ1n) is 6.64. The summed E-state index contributed by atoms with van der Waals surface area (Å²) < 4.78 is 5.60. The number of carboxylic acids is 1. The minimum Gasteiger partial charge on any atom is -0.504 e. The van der Waals surface area contributed by atoms with Crippen molar-refractivity contribution >= 4 is 23.0 Å². The fraction of sp³-hybridized carbons (Fsp3) is 0. The van der Waals surface area contributed by atoms with Crippen LogP contribution < -0.4 is 0 Å². The summed E-state index contributed by atoms with van der Waals surface area (Å²) >= 11 is 0. The molecule has 1 heterocycles. The number of carbonyl (C=O) groups is 1. The molecule has 23 heavy (non-hydrogen) atoms. The fourth-order valence-corrected chi connectivity index (χ4v) is 2.26. The standard InChI is InChI=1S/C17H12O6/c18-12-4-2-10(7-14(12)20)15-8-11-9(3-6-16(21)22)1-5-13(19)17(11)23-15/h1-8,18-20H,(H,21,22). The molecule has 0 unspecified atom stereocenters. The van der Waals surface area contributed by atoms with E-state index in [1.54, 1.807) is 18.2 Å². The Balaban J connectivity index is 2.17. The SMILES string of the molecule is O=C(O)C=Cc1ccc(O)c2oc(-c3ccc(O)c(O)c3)cc12. The van der Waals surface area contributed by atoms with Gasteiger partial charge in [-0.3, -0.25) is 0 Å². The van der Waals surface area contributed by atoms with E-state index in [0.717, 1.165) is 6.08 Å². The maximum absolute atomic E-state index is 10.7. The highest BCUT2D eigenvalue weighted by atomic mass is 16.4. The lowest BCUT2D eigenvalue weighted by atomic mass is 10.1. The zero-order valence-corrected chi connectivity index (χ0v) is 11.7. The molecular formula is C17H12O6. The van der Waals surface area contributed by atoms with Gasteiger partial charge in [-0.2, -0.15) is 0 Å². The average molecular weight is 312 g/mol. The monoisotopic (exact) mass is 312 g/mol. The maximum Gasteiger partial charge on any atom is 0.328 e. The molecule has 0 aliphatic heterocycles. The van der Waals surface area contributed by atoms with Crippen molar-refractivity contribution in [3.8, 4) is 28.6 Å². The van der Waals surface area contributed by atoms with Crippen LogP contribution in [0, 0.1) is 0 Å². The van der Waals surface area contributed by atoms with Crippen molar-refractivity contribution in [2.24, 2.45) is 0 Å². The minimum atomic E-state index is -1.08. The van der Waals surface area contributed by atoms with E-state index in [1.165, 1.54) is 24.3 Å². The molecule has 0 aliphatic carbocycles. The third kappa shape index (κ3) is 2.69. The molecule has 0 aliphatic rings. The Labute approximate surface area is 130 Å². The number of hydrogen-bond acceptors (Lipinski definition) is 5. The molecular weight excluding hydrogens is 300 g/mol. The van der Waals surface area contributed by atoms with Crippen molar-refractivity contribution in [1.29, 1.82) is 0 Å². The van der Waals surface area contributed by atoms with Crippen LogP contribution in [-0.4, -0.2) is 26.4 Å². The highest BCUT2D eigenvalue weighted by Gasteiger charge is 2.13. The van der Waals surface area contributed by atoms with Gasteiger partial charge < -0.3 is 24.8 Å². The quantitative estimate of drug-likeness (QED) is 0.436. The zero-order valence-electron chi connectivity index (χ0n) is 11.7. The van der Waals surface area contributed by atoms with Gasteiger partial charge in [0.15, 0.2) is 22.8 Å². The number of aromatic hydroxyl groups is 3. The van der Waals surface area contributed by atoms with E-state index in [4.69, 9.17) is 9.52 Å². The first kappa shape index (κ1) is 14.5. The van der Waals surface area contributed by atoms with Crippen LogP contribution in [-0.2, 0) is 4.79 Å². The molecule has 1 aromatic heterocycles. The molecule has 0 spiro atoms. The number of phenols is 3. The lowest BCUT2D eigenvalue weighted by molar-refractivity contribution is -0.131. The van der Waals surface area contributed by atoms with Crippen LogP contribution in [0.15, 0.2) is 46.9 Å². The Hall–Kier alpha value is -3.41. The van der Waals surface area contributed by atoms with Gasteiger partial charge in [0.05, 0.1) is 0 Å². The molecule has 0 saturated heterocycles. The Kier molecular flexibility index (Phi) is 3.42. The molecule has 0 atom stereocenters. The zero-order chi connectivity index (χ0) is 16.6. The number of carboxylic acid groups (broad SMARTS) is 1. The summed E-state index contributed by atoms with van der Waals surface area (Å²) in [6, 6.07) is 8.81. The summed E-state index contributed by atoms with van der Waals surface area (Å²) in [6.07, 6.45) is 2.39. The van der Waals surface area contributed by atoms with Gasteiger partial charge in [-0.1, -0.05) is 6.07 Å². The van der Waals surface area contributed by atoms with Crippen molar-refractivity contribution in [2.75, 3.05) is 0 Å². The smallest absolute Gasteiger partial charge is 0.328 e. The molecule has 6 heteroatoms. The van der Waals surface area contributed by atoms with E-state index in [9.17, 15) is 20.1 Å². The third-order valence-electron chi connectivity index (χ3n) is 3.36. The van der Waals surface area contributed by atoms with Crippen LogP contribution in [0.5, 0.6) is 17.2 Å². The first-order chi connectivity index (χ1) is 11.0. The molecule has 0 saturated carbocycles. The van der Waals surface area contributed by atoms with E-state index >= 15 is 0 Å². The van der Waals surface area contributed by atoms with Crippen molar-refractivity contribution in [2.45, 2.75) is 0 Å². The predicted octanol–water partition coefficient (Wildman–Crippen LogP) is 3.31. The topological polar surface area (TPSA) is 111 Å². The van der Waals surface area contributed by atoms with Crippen molar-refractivity contribution in [1.82, 2.24) is 0 Å². The van der Waals surface area contributed by atoms with Gasteiger partial charge in [0, 0.05) is 17.0 Å². The molecule has 3 rings (SSSR count). The van der Waals surface area contributed by atoms with Gasteiger partial charge in [-0.05, 0) is 42.0 Å². The van der Waals surface area contributed by atoms with Crippen molar-refractivity contribution < 1.29 is 29.6 Å². The number of hydrogen-bond donors (Lipinski definition) is 4. The van der Waals surface area contributed by atoms with Crippen LogP contribution in [0.4, 0.5) is 0 Å². The molecule has 6 nitrogen and oxygen atoms in total. The summed E-state index contributed by atoms with van der Waals surface area (Å²) in [7, 11) is 0. The number of phenolic OH excluding ortho intramolecular Hbond substituents is 3. The van der Waals surface area contributed by atoms with Crippen LogP contribution >= 0.6 is 0 Å². The summed E-state index contributed by atoms with van der Waals surface area (Å²) in [4.78, 5) is 10.7. The summed E-state index contributed by atoms with van der Waals surface area (Å²) in [6.45, 7) is 0. The third-order valence-corrected chi connectivity index (χ3v) is 3.36. The molecule has 4 N–H and O–H groups in total. The highest BCUT2D eigenvalue weighted by Crippen LogP contribution is 2.37. The lowest BCUT2D eigenvalue weighted by Gasteiger charge is -2.00. The number of benzene rings is 2. The van der Waals surface area contributed by atoms with Crippen LogP contribution in [0.1, 0.15) is 5.56 Å². The number of fused-ring (bicyclic) bond motifs is 1. The molecule has 0 fully saturated rings. The fourth-order valence-electron chi connectivity index (χ4n) is 2.26. The second-order valence-electron chi connectivity index (χ2n) is 4.90. The Morgan fingerprint density at radius 1 is 0.957 bits per heavy atom. The van der Waals surface area contributed by atoms with E-state index in [2.05, 4.69) is 0 Å². The minimum absolute atomic E-state index is 0.0817. The first-order valence-corrected chi connectivity index (χ1v) is 6.64. The van der Waals surface area contributed by atoms with Crippen molar-refractivity contribution in [3.05, 3.63) is 48.0 Å². The largest absolute Gasteiger partial charge is 0.504 e. The summed E-state index contributed by atoms with van der Waals surface area (Å²) in [5.41, 5.74) is 1.28.